The first kappa shape index (κ1) is 13.6. The molecule has 2 amide bonds. The minimum absolute atomic E-state index is 0.0338. The van der Waals surface area contributed by atoms with Gasteiger partial charge in [-0.25, -0.2) is 0 Å². The molecule has 0 aliphatic carbocycles. The number of hydrogen-bond acceptors (Lipinski definition) is 4. The smallest absolute Gasteiger partial charge is 0.286 e. The molecular formula is C13H19N3O3. The highest BCUT2D eigenvalue weighted by Gasteiger charge is 2.15. The van der Waals surface area contributed by atoms with Gasteiger partial charge in [0.15, 0.2) is 5.76 Å². The normalized spacial score (nSPS) is 18.8. The first-order valence-corrected chi connectivity index (χ1v) is 6.57. The summed E-state index contributed by atoms with van der Waals surface area (Å²) in [6.07, 6.45) is 3.82. The predicted molar refractivity (Wildman–Crippen MR) is 69.7 cm³/mol. The van der Waals surface area contributed by atoms with Crippen molar-refractivity contribution in [1.29, 1.82) is 0 Å². The highest BCUT2D eigenvalue weighted by atomic mass is 16.3. The Kier molecular flexibility index (Phi) is 4.97. The van der Waals surface area contributed by atoms with E-state index in [-0.39, 0.29) is 30.0 Å². The van der Waals surface area contributed by atoms with Crippen molar-refractivity contribution in [2.24, 2.45) is 0 Å². The molecule has 0 saturated carbocycles. The Hall–Kier alpha value is -1.82. The molecule has 1 aromatic rings. The van der Waals surface area contributed by atoms with Crippen molar-refractivity contribution in [3.05, 3.63) is 24.2 Å². The van der Waals surface area contributed by atoms with E-state index in [0.29, 0.717) is 6.54 Å². The fraction of sp³-hybridized carbons (Fsp3) is 0.538. The molecule has 3 N–H and O–H groups in total. The zero-order valence-electron chi connectivity index (χ0n) is 10.8. The van der Waals surface area contributed by atoms with Crippen LogP contribution in [-0.4, -0.2) is 37.5 Å². The van der Waals surface area contributed by atoms with Gasteiger partial charge < -0.3 is 20.4 Å². The third kappa shape index (κ3) is 4.40. The van der Waals surface area contributed by atoms with E-state index < -0.39 is 0 Å². The third-order valence-electron chi connectivity index (χ3n) is 3.04. The quantitative estimate of drug-likeness (QED) is 0.713. The van der Waals surface area contributed by atoms with Crippen LogP contribution < -0.4 is 16.0 Å². The summed E-state index contributed by atoms with van der Waals surface area (Å²) < 4.78 is 4.95. The highest BCUT2D eigenvalue weighted by Crippen LogP contribution is 2.01. The Bertz CT molecular complexity index is 411. The largest absolute Gasteiger partial charge is 0.459 e. The van der Waals surface area contributed by atoms with Crippen LogP contribution in [0.3, 0.4) is 0 Å². The number of furan rings is 1. The maximum Gasteiger partial charge on any atom is 0.286 e. The van der Waals surface area contributed by atoms with Crippen molar-refractivity contribution in [2.75, 3.05) is 19.6 Å². The number of carbonyl (C=O) groups is 2. The van der Waals surface area contributed by atoms with Crippen LogP contribution in [0.25, 0.3) is 0 Å². The maximum absolute atomic E-state index is 11.7. The number of rotatable bonds is 5. The highest BCUT2D eigenvalue weighted by molar-refractivity contribution is 5.91. The summed E-state index contributed by atoms with van der Waals surface area (Å²) in [5.74, 6) is -0.0672. The van der Waals surface area contributed by atoms with Crippen LogP contribution in [0.1, 0.15) is 29.8 Å². The topological polar surface area (TPSA) is 83.4 Å². The fourth-order valence-corrected chi connectivity index (χ4v) is 2.06. The molecule has 2 heterocycles. The average Bonchev–Trinajstić information content (AvgIpc) is 2.93. The summed E-state index contributed by atoms with van der Waals surface area (Å²) in [7, 11) is 0. The molecule has 1 aliphatic heterocycles. The molecule has 1 atom stereocenters. The predicted octanol–water partition coefficient (Wildman–Crippen LogP) is 0.268. The van der Waals surface area contributed by atoms with Gasteiger partial charge in [0.05, 0.1) is 6.26 Å². The zero-order valence-corrected chi connectivity index (χ0v) is 10.8. The van der Waals surface area contributed by atoms with Gasteiger partial charge in [-0.1, -0.05) is 0 Å². The van der Waals surface area contributed by atoms with E-state index in [9.17, 15) is 9.59 Å². The lowest BCUT2D eigenvalue weighted by Crippen LogP contribution is -2.46. The SMILES string of the molecule is O=C(CCNC(=O)c1ccco1)N[C@H]1CCCNC1. The second-order valence-electron chi connectivity index (χ2n) is 4.59. The Morgan fingerprint density at radius 2 is 2.37 bits per heavy atom. The van der Waals surface area contributed by atoms with Crippen LogP contribution in [0.5, 0.6) is 0 Å². The molecular weight excluding hydrogens is 246 g/mol. The van der Waals surface area contributed by atoms with E-state index in [0.717, 1.165) is 25.9 Å². The van der Waals surface area contributed by atoms with Crippen LogP contribution in [-0.2, 0) is 4.79 Å². The number of hydrogen-bond donors (Lipinski definition) is 3. The first-order chi connectivity index (χ1) is 9.25. The second-order valence-corrected chi connectivity index (χ2v) is 4.59. The number of carbonyl (C=O) groups excluding carboxylic acids is 2. The molecule has 19 heavy (non-hydrogen) atoms. The van der Waals surface area contributed by atoms with E-state index in [4.69, 9.17) is 4.42 Å². The molecule has 1 aliphatic rings. The van der Waals surface area contributed by atoms with Gasteiger partial charge in [0.25, 0.3) is 5.91 Å². The zero-order chi connectivity index (χ0) is 13.5. The van der Waals surface area contributed by atoms with Gasteiger partial charge in [-0.15, -0.1) is 0 Å². The summed E-state index contributed by atoms with van der Waals surface area (Å²) in [5, 5.41) is 8.83. The van der Waals surface area contributed by atoms with E-state index in [2.05, 4.69) is 16.0 Å². The third-order valence-corrected chi connectivity index (χ3v) is 3.04. The minimum Gasteiger partial charge on any atom is -0.459 e. The molecule has 0 bridgehead atoms. The summed E-state index contributed by atoms with van der Waals surface area (Å²) in [6, 6.07) is 3.45. The monoisotopic (exact) mass is 265 g/mol. The van der Waals surface area contributed by atoms with Crippen LogP contribution >= 0.6 is 0 Å². The van der Waals surface area contributed by atoms with Gasteiger partial charge in [-0.05, 0) is 31.5 Å². The molecule has 0 unspecified atom stereocenters. The van der Waals surface area contributed by atoms with E-state index in [1.807, 2.05) is 0 Å². The summed E-state index contributed by atoms with van der Waals surface area (Å²) in [5.41, 5.74) is 0. The molecule has 2 rings (SSSR count). The van der Waals surface area contributed by atoms with Crippen LogP contribution in [0.4, 0.5) is 0 Å². The van der Waals surface area contributed by atoms with Crippen LogP contribution in [0.15, 0.2) is 22.8 Å². The standard InChI is InChI=1S/C13H19N3O3/c17-12(16-10-3-1-6-14-9-10)5-7-15-13(18)11-4-2-8-19-11/h2,4,8,10,14H,1,3,5-7,9H2,(H,15,18)(H,16,17)/t10-/m0/s1. The number of piperidine rings is 1. The van der Waals surface area contributed by atoms with E-state index >= 15 is 0 Å². The number of nitrogens with one attached hydrogen (secondary N) is 3. The Labute approximate surface area is 111 Å². The van der Waals surface area contributed by atoms with Crippen molar-refractivity contribution in [3.8, 4) is 0 Å². The van der Waals surface area contributed by atoms with E-state index in [1.54, 1.807) is 12.1 Å². The Balaban J connectivity index is 1.62. The molecule has 0 spiro atoms. The summed E-state index contributed by atoms with van der Waals surface area (Å²) in [6.45, 7) is 2.15. The Morgan fingerprint density at radius 1 is 1.47 bits per heavy atom. The molecule has 6 nitrogen and oxygen atoms in total. The van der Waals surface area contributed by atoms with Crippen molar-refractivity contribution in [3.63, 3.8) is 0 Å². The summed E-state index contributed by atoms with van der Waals surface area (Å²) in [4.78, 5) is 23.2. The minimum atomic E-state index is -0.294. The van der Waals surface area contributed by atoms with Crippen molar-refractivity contribution in [1.82, 2.24) is 16.0 Å². The van der Waals surface area contributed by atoms with Gasteiger partial charge >= 0.3 is 0 Å². The van der Waals surface area contributed by atoms with Crippen LogP contribution in [0.2, 0.25) is 0 Å². The molecule has 1 saturated heterocycles. The molecule has 6 heteroatoms. The van der Waals surface area contributed by atoms with Gasteiger partial charge in [-0.3, -0.25) is 9.59 Å². The van der Waals surface area contributed by atoms with Gasteiger partial charge in [-0.2, -0.15) is 0 Å². The number of amides is 2. The van der Waals surface area contributed by atoms with Gasteiger partial charge in [0.2, 0.25) is 5.91 Å². The van der Waals surface area contributed by atoms with Crippen molar-refractivity contribution in [2.45, 2.75) is 25.3 Å². The summed E-state index contributed by atoms with van der Waals surface area (Å²) >= 11 is 0. The van der Waals surface area contributed by atoms with E-state index in [1.165, 1.54) is 6.26 Å². The second kappa shape index (κ2) is 6.94. The molecule has 1 fully saturated rings. The van der Waals surface area contributed by atoms with Crippen LogP contribution in [0, 0.1) is 0 Å². The average molecular weight is 265 g/mol. The van der Waals surface area contributed by atoms with Crippen molar-refractivity contribution >= 4 is 11.8 Å². The fourth-order valence-electron chi connectivity index (χ4n) is 2.06. The molecule has 0 aromatic carbocycles. The van der Waals surface area contributed by atoms with Gasteiger partial charge in [0.1, 0.15) is 0 Å². The molecule has 1 aromatic heterocycles. The lowest BCUT2D eigenvalue weighted by Gasteiger charge is -2.23. The maximum atomic E-state index is 11.7. The van der Waals surface area contributed by atoms with Gasteiger partial charge in [0, 0.05) is 25.6 Å². The first-order valence-electron chi connectivity index (χ1n) is 6.57. The lowest BCUT2D eigenvalue weighted by atomic mass is 10.1. The lowest BCUT2D eigenvalue weighted by molar-refractivity contribution is -0.121. The van der Waals surface area contributed by atoms with Crippen molar-refractivity contribution < 1.29 is 14.0 Å². The molecule has 104 valence electrons. The Morgan fingerprint density at radius 3 is 3.05 bits per heavy atom. The molecule has 0 radical (unpaired) electrons.